The Morgan fingerprint density at radius 1 is 1.36 bits per heavy atom. The summed E-state index contributed by atoms with van der Waals surface area (Å²) in [6.45, 7) is 5.75. The van der Waals surface area contributed by atoms with Gasteiger partial charge in [0.05, 0.1) is 17.1 Å². The molecule has 0 fully saturated rings. The second kappa shape index (κ2) is 6.45. The number of anilines is 1. The summed E-state index contributed by atoms with van der Waals surface area (Å²) in [6, 6.07) is 4.35. The van der Waals surface area contributed by atoms with E-state index in [1.54, 1.807) is 18.5 Å². The first-order chi connectivity index (χ1) is 11.8. The molecule has 1 aliphatic heterocycles. The van der Waals surface area contributed by atoms with Crippen molar-refractivity contribution in [3.63, 3.8) is 0 Å². The van der Waals surface area contributed by atoms with Crippen molar-refractivity contribution in [2.45, 2.75) is 38.3 Å². The van der Waals surface area contributed by atoms with E-state index in [1.165, 1.54) is 18.2 Å². The Morgan fingerprint density at radius 3 is 2.80 bits per heavy atom. The van der Waals surface area contributed by atoms with Gasteiger partial charge in [0.1, 0.15) is 17.4 Å². The van der Waals surface area contributed by atoms with Crippen LogP contribution in [0.5, 0.6) is 5.75 Å². The Morgan fingerprint density at radius 2 is 2.12 bits per heavy atom. The molecule has 0 aliphatic carbocycles. The van der Waals surface area contributed by atoms with Gasteiger partial charge in [0.25, 0.3) is 5.91 Å². The Bertz CT molecular complexity index is 922. The van der Waals surface area contributed by atoms with Gasteiger partial charge in [0, 0.05) is 6.54 Å². The number of hydrogen-bond acceptors (Lipinski definition) is 6. The number of sulfonamides is 1. The predicted octanol–water partition coefficient (Wildman–Crippen LogP) is 0.593. The van der Waals surface area contributed by atoms with Gasteiger partial charge in [-0.25, -0.2) is 22.8 Å². The number of carbonyl (C=O) groups excluding carboxylic acids is 1. The van der Waals surface area contributed by atoms with Crippen molar-refractivity contribution >= 4 is 21.6 Å². The maximum absolute atomic E-state index is 12.4. The molecular formula is C15H19N5O4S. The highest BCUT2D eigenvalue weighted by molar-refractivity contribution is 7.89. The number of amides is 1. The fraction of sp³-hybridized carbons (Fsp3) is 0.400. The number of carbonyl (C=O) groups is 1. The van der Waals surface area contributed by atoms with Gasteiger partial charge in [0.2, 0.25) is 10.0 Å². The van der Waals surface area contributed by atoms with Gasteiger partial charge < -0.3 is 10.1 Å². The molecule has 0 radical (unpaired) electrons. The molecule has 2 N–H and O–H groups in total. The number of fused-ring (bicyclic) bond motifs is 1. The van der Waals surface area contributed by atoms with Gasteiger partial charge in [-0.2, -0.15) is 5.10 Å². The van der Waals surface area contributed by atoms with Crippen LogP contribution in [0, 0.1) is 13.8 Å². The van der Waals surface area contributed by atoms with Crippen molar-refractivity contribution in [3.05, 3.63) is 29.8 Å². The minimum atomic E-state index is -3.72. The molecule has 10 heteroatoms. The monoisotopic (exact) mass is 365 g/mol. The molecule has 2 heterocycles. The zero-order valence-electron chi connectivity index (χ0n) is 14.1. The van der Waals surface area contributed by atoms with Crippen LogP contribution in [0.4, 0.5) is 5.69 Å². The van der Waals surface area contributed by atoms with Crippen LogP contribution in [0.25, 0.3) is 0 Å². The van der Waals surface area contributed by atoms with Gasteiger partial charge in [0.15, 0.2) is 6.10 Å². The van der Waals surface area contributed by atoms with E-state index >= 15 is 0 Å². The van der Waals surface area contributed by atoms with Crippen molar-refractivity contribution < 1.29 is 17.9 Å². The number of nitrogens with one attached hydrogen (secondary N) is 2. The molecular weight excluding hydrogens is 346 g/mol. The fourth-order valence-electron chi connectivity index (χ4n) is 2.50. The summed E-state index contributed by atoms with van der Waals surface area (Å²) in [4.78, 5) is 15.9. The topological polar surface area (TPSA) is 115 Å². The molecule has 0 bridgehead atoms. The van der Waals surface area contributed by atoms with Crippen molar-refractivity contribution in [3.8, 4) is 5.75 Å². The molecule has 1 atom stereocenters. The first kappa shape index (κ1) is 17.4. The van der Waals surface area contributed by atoms with E-state index in [2.05, 4.69) is 20.1 Å². The van der Waals surface area contributed by atoms with E-state index in [1.807, 2.05) is 6.92 Å². The maximum atomic E-state index is 12.4. The Kier molecular flexibility index (Phi) is 4.48. The zero-order chi connectivity index (χ0) is 18.2. The standard InChI is InChI=1S/C15H19N5O4S/c1-9-15(21)18-13-8-12(4-5-14(13)24-9)25(22,23)16-6-7-20-11(3)17-10(2)19-20/h4-5,8-9,16H,6-7H2,1-3H3,(H,18,21)/t9-/m0/s1. The number of rotatable bonds is 5. The van der Waals surface area contributed by atoms with Crippen LogP contribution in [0.2, 0.25) is 0 Å². The number of aromatic nitrogens is 3. The second-order valence-electron chi connectivity index (χ2n) is 5.73. The molecule has 0 saturated carbocycles. The molecule has 1 aromatic heterocycles. The summed E-state index contributed by atoms with van der Waals surface area (Å²) in [5.41, 5.74) is 0.341. The Balaban J connectivity index is 1.71. The molecule has 25 heavy (non-hydrogen) atoms. The molecule has 134 valence electrons. The summed E-state index contributed by atoms with van der Waals surface area (Å²) in [6.07, 6.45) is -0.609. The Labute approximate surface area is 145 Å². The Hall–Kier alpha value is -2.46. The third-order valence-electron chi connectivity index (χ3n) is 3.77. The number of benzene rings is 1. The average Bonchev–Trinajstić information content (AvgIpc) is 2.85. The van der Waals surface area contributed by atoms with Crippen LogP contribution in [0.3, 0.4) is 0 Å². The first-order valence-electron chi connectivity index (χ1n) is 7.75. The van der Waals surface area contributed by atoms with Crippen LogP contribution in [-0.2, 0) is 21.4 Å². The summed E-state index contributed by atoms with van der Waals surface area (Å²) in [7, 11) is -3.72. The van der Waals surface area contributed by atoms with E-state index in [4.69, 9.17) is 4.74 Å². The van der Waals surface area contributed by atoms with Crippen LogP contribution in [0.15, 0.2) is 23.1 Å². The fourth-order valence-corrected chi connectivity index (χ4v) is 3.54. The lowest BCUT2D eigenvalue weighted by Crippen LogP contribution is -2.34. The van der Waals surface area contributed by atoms with Gasteiger partial charge >= 0.3 is 0 Å². The van der Waals surface area contributed by atoms with Crippen molar-refractivity contribution in [1.82, 2.24) is 19.5 Å². The molecule has 3 rings (SSSR count). The highest BCUT2D eigenvalue weighted by atomic mass is 32.2. The van der Waals surface area contributed by atoms with E-state index in [-0.39, 0.29) is 17.3 Å². The highest BCUT2D eigenvalue weighted by Gasteiger charge is 2.25. The molecule has 1 aromatic carbocycles. The molecule has 0 unspecified atom stereocenters. The zero-order valence-corrected chi connectivity index (χ0v) is 14.9. The van der Waals surface area contributed by atoms with E-state index in [0.29, 0.717) is 23.8 Å². The van der Waals surface area contributed by atoms with Crippen LogP contribution >= 0.6 is 0 Å². The van der Waals surface area contributed by atoms with E-state index < -0.39 is 16.1 Å². The summed E-state index contributed by atoms with van der Waals surface area (Å²) in [5, 5.41) is 6.82. The number of nitrogens with zero attached hydrogens (tertiary/aromatic N) is 3. The van der Waals surface area contributed by atoms with Crippen molar-refractivity contribution in [2.24, 2.45) is 0 Å². The largest absolute Gasteiger partial charge is 0.479 e. The third-order valence-corrected chi connectivity index (χ3v) is 5.23. The predicted molar refractivity (Wildman–Crippen MR) is 89.8 cm³/mol. The van der Waals surface area contributed by atoms with Crippen molar-refractivity contribution in [1.29, 1.82) is 0 Å². The van der Waals surface area contributed by atoms with E-state index in [0.717, 1.165) is 5.82 Å². The molecule has 1 aliphatic rings. The molecule has 1 amide bonds. The lowest BCUT2D eigenvalue weighted by Gasteiger charge is -2.23. The minimum Gasteiger partial charge on any atom is -0.479 e. The lowest BCUT2D eigenvalue weighted by atomic mass is 10.2. The van der Waals surface area contributed by atoms with Gasteiger partial charge in [-0.05, 0) is 39.0 Å². The number of ether oxygens (including phenoxy) is 1. The van der Waals surface area contributed by atoms with Gasteiger partial charge in [-0.15, -0.1) is 0 Å². The first-order valence-corrected chi connectivity index (χ1v) is 9.24. The number of hydrogen-bond donors (Lipinski definition) is 2. The highest BCUT2D eigenvalue weighted by Crippen LogP contribution is 2.31. The SMILES string of the molecule is Cc1nc(C)n(CCNS(=O)(=O)c2ccc3c(c2)NC(=O)[C@H](C)O3)n1. The molecule has 0 spiro atoms. The average molecular weight is 365 g/mol. The van der Waals surface area contributed by atoms with Crippen LogP contribution in [-0.4, -0.2) is 41.7 Å². The van der Waals surface area contributed by atoms with Crippen LogP contribution < -0.4 is 14.8 Å². The molecule has 2 aromatic rings. The van der Waals surface area contributed by atoms with E-state index in [9.17, 15) is 13.2 Å². The number of aryl methyl sites for hydroxylation is 2. The maximum Gasteiger partial charge on any atom is 0.265 e. The molecule has 9 nitrogen and oxygen atoms in total. The normalized spacial score (nSPS) is 16.9. The van der Waals surface area contributed by atoms with Crippen molar-refractivity contribution in [2.75, 3.05) is 11.9 Å². The second-order valence-corrected chi connectivity index (χ2v) is 7.50. The quantitative estimate of drug-likeness (QED) is 0.801. The lowest BCUT2D eigenvalue weighted by molar-refractivity contribution is -0.122. The van der Waals surface area contributed by atoms with Gasteiger partial charge in [-0.1, -0.05) is 0 Å². The molecule has 0 saturated heterocycles. The van der Waals surface area contributed by atoms with Crippen LogP contribution in [0.1, 0.15) is 18.6 Å². The summed E-state index contributed by atoms with van der Waals surface area (Å²) >= 11 is 0. The smallest absolute Gasteiger partial charge is 0.265 e. The summed E-state index contributed by atoms with van der Waals surface area (Å²) < 4.78 is 34.4. The van der Waals surface area contributed by atoms with Gasteiger partial charge in [-0.3, -0.25) is 4.79 Å². The third kappa shape index (κ3) is 3.64. The summed E-state index contributed by atoms with van der Waals surface area (Å²) in [5.74, 6) is 1.49. The minimum absolute atomic E-state index is 0.0520.